The summed E-state index contributed by atoms with van der Waals surface area (Å²) >= 11 is 0. The Morgan fingerprint density at radius 2 is 1.70 bits per heavy atom. The molecule has 1 aliphatic rings. The number of hydrogen-bond donors (Lipinski definition) is 2. The smallest absolute Gasteiger partial charge is 0.243 e. The molecule has 0 bridgehead atoms. The minimum atomic E-state index is -3.85. The van der Waals surface area contributed by atoms with Crippen molar-refractivity contribution in [3.63, 3.8) is 0 Å². The van der Waals surface area contributed by atoms with Gasteiger partial charge in [-0.3, -0.25) is 0 Å². The average molecular weight is 300 g/mol. The zero-order chi connectivity index (χ0) is 14.6. The number of benzene rings is 1. The molecular formula is C14H21FN2O2S. The predicted molar refractivity (Wildman–Crippen MR) is 77.2 cm³/mol. The number of halogens is 1. The molecule has 4 nitrogen and oxygen atoms in total. The average Bonchev–Trinajstić information content (AvgIpc) is 2.35. The molecule has 3 N–H and O–H groups in total. The third-order valence-electron chi connectivity index (χ3n) is 3.67. The highest BCUT2D eigenvalue weighted by atomic mass is 32.2. The molecule has 20 heavy (non-hydrogen) atoms. The van der Waals surface area contributed by atoms with E-state index in [2.05, 4.69) is 4.72 Å². The molecule has 1 aromatic rings. The van der Waals surface area contributed by atoms with Crippen LogP contribution < -0.4 is 10.5 Å². The van der Waals surface area contributed by atoms with Gasteiger partial charge in [-0.05, 0) is 31.0 Å². The molecule has 0 atom stereocenters. The van der Waals surface area contributed by atoms with Gasteiger partial charge < -0.3 is 5.73 Å². The molecule has 0 amide bonds. The van der Waals surface area contributed by atoms with Crippen molar-refractivity contribution >= 4 is 15.7 Å². The number of anilines is 1. The largest absolute Gasteiger partial charge is 0.399 e. The van der Waals surface area contributed by atoms with Gasteiger partial charge >= 0.3 is 0 Å². The molecule has 1 saturated carbocycles. The van der Waals surface area contributed by atoms with Crippen LogP contribution in [0.2, 0.25) is 0 Å². The number of rotatable bonds is 3. The molecule has 112 valence electrons. The van der Waals surface area contributed by atoms with Crippen LogP contribution in [-0.4, -0.2) is 14.5 Å². The molecule has 1 fully saturated rings. The second-order valence-electron chi connectivity index (χ2n) is 5.35. The molecular weight excluding hydrogens is 279 g/mol. The maximum absolute atomic E-state index is 13.7. The maximum atomic E-state index is 13.7. The summed E-state index contributed by atoms with van der Waals surface area (Å²) in [5, 5.41) is 0. The van der Waals surface area contributed by atoms with Crippen LogP contribution in [0.15, 0.2) is 23.1 Å². The summed E-state index contributed by atoms with van der Waals surface area (Å²) in [5.74, 6) is -0.766. The molecule has 0 unspecified atom stereocenters. The van der Waals surface area contributed by atoms with Gasteiger partial charge in [0.15, 0.2) is 0 Å². The first kappa shape index (κ1) is 15.3. The van der Waals surface area contributed by atoms with Gasteiger partial charge in [-0.15, -0.1) is 0 Å². The SMILES string of the molecule is Nc1ccc(F)c(S(=O)(=O)NC2CCCCCCC2)c1. The lowest BCUT2D eigenvalue weighted by molar-refractivity contribution is 0.425. The van der Waals surface area contributed by atoms with Crippen LogP contribution in [0.5, 0.6) is 0 Å². The normalized spacial score (nSPS) is 18.4. The zero-order valence-corrected chi connectivity index (χ0v) is 12.3. The topological polar surface area (TPSA) is 72.2 Å². The Morgan fingerprint density at radius 1 is 1.10 bits per heavy atom. The number of nitrogen functional groups attached to an aromatic ring is 1. The van der Waals surface area contributed by atoms with Crippen molar-refractivity contribution in [2.75, 3.05) is 5.73 Å². The first-order valence-electron chi connectivity index (χ1n) is 7.06. The van der Waals surface area contributed by atoms with E-state index in [4.69, 9.17) is 5.73 Å². The summed E-state index contributed by atoms with van der Waals surface area (Å²) in [6.45, 7) is 0. The maximum Gasteiger partial charge on any atom is 0.243 e. The summed E-state index contributed by atoms with van der Waals surface area (Å²) in [4.78, 5) is -0.362. The lowest BCUT2D eigenvalue weighted by Crippen LogP contribution is -2.35. The quantitative estimate of drug-likeness (QED) is 0.843. The van der Waals surface area contributed by atoms with Crippen LogP contribution in [0.1, 0.15) is 44.9 Å². The van der Waals surface area contributed by atoms with Crippen molar-refractivity contribution in [1.82, 2.24) is 4.72 Å². The predicted octanol–water partition coefficient (Wildman–Crippen LogP) is 2.80. The van der Waals surface area contributed by atoms with E-state index in [9.17, 15) is 12.8 Å². The molecule has 0 heterocycles. The van der Waals surface area contributed by atoms with E-state index in [1.165, 1.54) is 18.6 Å². The number of hydrogen-bond acceptors (Lipinski definition) is 3. The van der Waals surface area contributed by atoms with Crippen LogP contribution in [-0.2, 0) is 10.0 Å². The van der Waals surface area contributed by atoms with Gasteiger partial charge in [0.25, 0.3) is 0 Å². The second-order valence-corrected chi connectivity index (χ2v) is 7.04. The highest BCUT2D eigenvalue weighted by Gasteiger charge is 2.23. The van der Waals surface area contributed by atoms with Crippen LogP contribution >= 0.6 is 0 Å². The molecule has 0 radical (unpaired) electrons. The van der Waals surface area contributed by atoms with Crippen molar-refractivity contribution < 1.29 is 12.8 Å². The molecule has 1 aromatic carbocycles. The second kappa shape index (κ2) is 6.54. The standard InChI is InChI=1S/C14H21FN2O2S/c15-13-9-8-11(16)10-14(13)20(18,19)17-12-6-4-2-1-3-5-7-12/h8-10,12,17H,1-7,16H2. The van der Waals surface area contributed by atoms with Crippen molar-refractivity contribution in [1.29, 1.82) is 0 Å². The number of sulfonamides is 1. The lowest BCUT2D eigenvalue weighted by atomic mass is 9.97. The van der Waals surface area contributed by atoms with E-state index in [0.29, 0.717) is 0 Å². The third kappa shape index (κ3) is 3.93. The molecule has 0 aromatic heterocycles. The first-order chi connectivity index (χ1) is 9.49. The Hall–Kier alpha value is -1.14. The van der Waals surface area contributed by atoms with Crippen LogP contribution in [0.25, 0.3) is 0 Å². The first-order valence-corrected chi connectivity index (χ1v) is 8.55. The Balaban J connectivity index is 2.15. The van der Waals surface area contributed by atoms with E-state index >= 15 is 0 Å². The highest BCUT2D eigenvalue weighted by Crippen LogP contribution is 2.21. The Morgan fingerprint density at radius 3 is 2.35 bits per heavy atom. The molecule has 6 heteroatoms. The van der Waals surface area contributed by atoms with E-state index in [1.54, 1.807) is 0 Å². The minimum absolute atomic E-state index is 0.110. The van der Waals surface area contributed by atoms with E-state index in [-0.39, 0.29) is 16.6 Å². The van der Waals surface area contributed by atoms with Crippen molar-refractivity contribution in [3.05, 3.63) is 24.0 Å². The van der Waals surface area contributed by atoms with Crippen molar-refractivity contribution in [3.8, 4) is 0 Å². The van der Waals surface area contributed by atoms with Crippen molar-refractivity contribution in [2.45, 2.75) is 55.9 Å². The fourth-order valence-electron chi connectivity index (χ4n) is 2.58. The summed E-state index contributed by atoms with van der Waals surface area (Å²) < 4.78 is 40.8. The Bertz CT molecular complexity index is 552. The van der Waals surface area contributed by atoms with Crippen LogP contribution in [0.3, 0.4) is 0 Å². The molecule has 2 rings (SSSR count). The lowest BCUT2D eigenvalue weighted by Gasteiger charge is -2.21. The number of nitrogens with one attached hydrogen (secondary N) is 1. The van der Waals surface area contributed by atoms with Gasteiger partial charge in [-0.2, -0.15) is 0 Å². The summed E-state index contributed by atoms with van der Waals surface area (Å²) in [7, 11) is -3.85. The van der Waals surface area contributed by atoms with Gasteiger partial charge in [-0.25, -0.2) is 17.5 Å². The van der Waals surface area contributed by atoms with Gasteiger partial charge in [0, 0.05) is 11.7 Å². The van der Waals surface area contributed by atoms with Crippen LogP contribution in [0.4, 0.5) is 10.1 Å². The molecule has 1 aliphatic carbocycles. The fraction of sp³-hybridized carbons (Fsp3) is 0.571. The summed E-state index contributed by atoms with van der Waals surface area (Å²) in [6.07, 6.45) is 7.10. The highest BCUT2D eigenvalue weighted by molar-refractivity contribution is 7.89. The van der Waals surface area contributed by atoms with Crippen molar-refractivity contribution in [2.24, 2.45) is 0 Å². The van der Waals surface area contributed by atoms with Gasteiger partial charge in [0.05, 0.1) is 0 Å². The monoisotopic (exact) mass is 300 g/mol. The fourth-order valence-corrected chi connectivity index (χ4v) is 4.00. The van der Waals surface area contributed by atoms with Gasteiger partial charge in [-0.1, -0.05) is 32.1 Å². The Labute approximate surface area is 119 Å². The van der Waals surface area contributed by atoms with E-state index in [0.717, 1.165) is 44.6 Å². The molecule has 0 spiro atoms. The van der Waals surface area contributed by atoms with Gasteiger partial charge in [0.2, 0.25) is 10.0 Å². The third-order valence-corrected chi connectivity index (χ3v) is 5.21. The van der Waals surface area contributed by atoms with Gasteiger partial charge in [0.1, 0.15) is 10.7 Å². The summed E-state index contributed by atoms with van der Waals surface area (Å²) in [6, 6.07) is 3.49. The zero-order valence-electron chi connectivity index (χ0n) is 11.4. The Kier molecular flexibility index (Phi) is 4.99. The minimum Gasteiger partial charge on any atom is -0.399 e. The molecule has 0 saturated heterocycles. The molecule has 0 aliphatic heterocycles. The summed E-state index contributed by atoms with van der Waals surface area (Å²) in [5.41, 5.74) is 5.78. The van der Waals surface area contributed by atoms with Crippen LogP contribution in [0, 0.1) is 5.82 Å². The van der Waals surface area contributed by atoms with E-state index < -0.39 is 15.8 Å². The number of nitrogens with two attached hydrogens (primary N) is 1. The van der Waals surface area contributed by atoms with E-state index in [1.807, 2.05) is 0 Å².